The van der Waals surface area contributed by atoms with E-state index in [2.05, 4.69) is 5.32 Å². The zero-order valence-corrected chi connectivity index (χ0v) is 15.6. The average molecular weight is 391 g/mol. The van der Waals surface area contributed by atoms with Crippen LogP contribution in [0.15, 0.2) is 29.1 Å². The summed E-state index contributed by atoms with van der Waals surface area (Å²) in [5.74, 6) is -0.852. The van der Waals surface area contributed by atoms with Crippen LogP contribution in [-0.2, 0) is 33.9 Å². The summed E-state index contributed by atoms with van der Waals surface area (Å²) in [6.45, 7) is 2.10. The zero-order valence-electron chi connectivity index (χ0n) is 15.6. The maximum absolute atomic E-state index is 13.2. The molecule has 0 fully saturated rings. The molecule has 8 nitrogen and oxygen atoms in total. The van der Waals surface area contributed by atoms with Gasteiger partial charge in [-0.25, -0.2) is 9.78 Å². The van der Waals surface area contributed by atoms with Crippen molar-refractivity contribution in [2.45, 2.75) is 32.6 Å². The highest BCUT2D eigenvalue weighted by molar-refractivity contribution is 5.95. The number of aryl methyl sites for hydroxylation is 1. The predicted octanol–water partition coefficient (Wildman–Crippen LogP) is 1.65. The van der Waals surface area contributed by atoms with Gasteiger partial charge in [-0.3, -0.25) is 9.59 Å². The monoisotopic (exact) mass is 391 g/mol. The predicted molar refractivity (Wildman–Crippen MR) is 104 cm³/mol. The van der Waals surface area contributed by atoms with E-state index in [-0.39, 0.29) is 29.0 Å². The number of amides is 1. The summed E-state index contributed by atoms with van der Waals surface area (Å²) in [5.41, 5.74) is 3.87. The van der Waals surface area contributed by atoms with Gasteiger partial charge in [0.2, 0.25) is 6.41 Å². The fourth-order valence-corrected chi connectivity index (χ4v) is 4.42. The number of esters is 1. The number of nitrogens with one attached hydrogen (secondary N) is 1. The van der Waals surface area contributed by atoms with Crippen LogP contribution in [0.4, 0.5) is 5.69 Å². The van der Waals surface area contributed by atoms with E-state index in [0.717, 1.165) is 28.5 Å². The fraction of sp³-hybridized carbons (Fsp3) is 0.238. The maximum atomic E-state index is 13.2. The Balaban J connectivity index is 1.91. The smallest absolute Gasteiger partial charge is 0.340 e. The van der Waals surface area contributed by atoms with Crippen molar-refractivity contribution in [3.8, 4) is 11.4 Å². The third-order valence-corrected chi connectivity index (χ3v) is 5.67. The number of carbonyl (C=O) groups is 2. The van der Waals surface area contributed by atoms with Crippen molar-refractivity contribution in [2.75, 3.05) is 5.32 Å². The molecule has 8 heteroatoms. The number of fused-ring (bicyclic) bond motifs is 5. The van der Waals surface area contributed by atoms with E-state index in [1.165, 1.54) is 4.57 Å². The van der Waals surface area contributed by atoms with Gasteiger partial charge >= 0.3 is 5.97 Å². The Morgan fingerprint density at radius 2 is 2.10 bits per heavy atom. The van der Waals surface area contributed by atoms with Gasteiger partial charge in [-0.1, -0.05) is 25.1 Å². The molecule has 4 heterocycles. The molecule has 0 aliphatic carbocycles. The van der Waals surface area contributed by atoms with Crippen molar-refractivity contribution in [3.63, 3.8) is 0 Å². The molecule has 2 N–H and O–H groups in total. The molecule has 1 atom stereocenters. The number of carbonyl (C=O) groups excluding carboxylic acids is 2. The van der Waals surface area contributed by atoms with E-state index in [9.17, 15) is 19.5 Å². The second kappa shape index (κ2) is 6.25. The van der Waals surface area contributed by atoms with Crippen molar-refractivity contribution in [1.82, 2.24) is 9.55 Å². The van der Waals surface area contributed by atoms with Crippen LogP contribution in [0.2, 0.25) is 0 Å². The van der Waals surface area contributed by atoms with Crippen LogP contribution >= 0.6 is 0 Å². The quantitative estimate of drug-likeness (QED) is 0.406. The van der Waals surface area contributed by atoms with Gasteiger partial charge in [-0.2, -0.15) is 0 Å². The molecule has 2 aliphatic heterocycles. The van der Waals surface area contributed by atoms with Gasteiger partial charge in [0.25, 0.3) is 5.56 Å². The summed E-state index contributed by atoms with van der Waals surface area (Å²) in [7, 11) is 0. The molecule has 2 aromatic heterocycles. The molecule has 1 aromatic carbocycles. The number of rotatable bonds is 3. The van der Waals surface area contributed by atoms with Gasteiger partial charge in [-0.05, 0) is 18.1 Å². The first kappa shape index (κ1) is 17.6. The summed E-state index contributed by atoms with van der Waals surface area (Å²) in [4.78, 5) is 41.3. The van der Waals surface area contributed by atoms with Crippen LogP contribution in [0, 0.1) is 0 Å². The van der Waals surface area contributed by atoms with Gasteiger partial charge in [0.05, 0.1) is 34.7 Å². The van der Waals surface area contributed by atoms with Crippen molar-refractivity contribution in [3.05, 3.63) is 56.9 Å². The first-order valence-corrected chi connectivity index (χ1v) is 9.32. The van der Waals surface area contributed by atoms with E-state index in [1.807, 2.05) is 31.2 Å². The first-order chi connectivity index (χ1) is 14.1. The highest BCUT2D eigenvalue weighted by Crippen LogP contribution is 2.43. The molecule has 0 bridgehead atoms. The van der Waals surface area contributed by atoms with Crippen LogP contribution in [0.3, 0.4) is 0 Å². The minimum atomic E-state index is -1.64. The molecule has 1 amide bonds. The highest BCUT2D eigenvalue weighted by Gasteiger charge is 2.38. The molecule has 5 rings (SSSR count). The number of ether oxygens (including phenoxy) is 1. The summed E-state index contributed by atoms with van der Waals surface area (Å²) in [6, 6.07) is 7.73. The molecule has 1 unspecified atom stereocenters. The third kappa shape index (κ3) is 2.29. The summed E-state index contributed by atoms with van der Waals surface area (Å²) in [6.07, 6.45) is -0.433. The van der Waals surface area contributed by atoms with Crippen LogP contribution in [0.25, 0.3) is 22.3 Å². The van der Waals surface area contributed by atoms with E-state index in [4.69, 9.17) is 9.72 Å². The van der Waals surface area contributed by atoms with Gasteiger partial charge in [0, 0.05) is 16.5 Å². The Labute approximate surface area is 164 Å². The lowest BCUT2D eigenvalue weighted by Crippen LogP contribution is -2.34. The zero-order chi connectivity index (χ0) is 20.3. The number of aliphatic hydroxyl groups excluding tert-OH is 1. The van der Waals surface area contributed by atoms with E-state index in [0.29, 0.717) is 24.3 Å². The minimum absolute atomic E-state index is 0.0884. The molecule has 146 valence electrons. The molecule has 0 saturated carbocycles. The van der Waals surface area contributed by atoms with Crippen molar-refractivity contribution in [2.24, 2.45) is 0 Å². The lowest BCUT2D eigenvalue weighted by molar-refractivity contribution is -0.157. The molecular weight excluding hydrogens is 374 g/mol. The highest BCUT2D eigenvalue weighted by atomic mass is 16.5. The minimum Gasteiger partial charge on any atom is -0.458 e. The molecule has 29 heavy (non-hydrogen) atoms. The number of hydrogen-bond donors (Lipinski definition) is 2. The second-order valence-electron chi connectivity index (χ2n) is 7.07. The standard InChI is InChI=1S/C21H17N3O5/c1-2-10-11-5-3-4-6-14(11)23-16-12(10)7-24-18(16)17(22-9-25)15-13(20(24)27)8-29-21(28)19(15)26/h3-6,9,19,26H,2,7-8H2,1H3,(H,22,25). The average Bonchev–Trinajstić information content (AvgIpc) is 3.11. The van der Waals surface area contributed by atoms with Crippen LogP contribution < -0.4 is 10.9 Å². The number of anilines is 1. The van der Waals surface area contributed by atoms with E-state index >= 15 is 0 Å². The largest absolute Gasteiger partial charge is 0.458 e. The number of pyridine rings is 2. The van der Waals surface area contributed by atoms with Crippen LogP contribution in [-0.4, -0.2) is 27.0 Å². The number of benzene rings is 1. The molecule has 2 aliphatic rings. The first-order valence-electron chi connectivity index (χ1n) is 9.32. The number of nitrogens with zero attached hydrogens (tertiary/aromatic N) is 2. The normalized spacial score (nSPS) is 16.8. The third-order valence-electron chi connectivity index (χ3n) is 5.67. The molecule has 3 aromatic rings. The van der Waals surface area contributed by atoms with Crippen LogP contribution in [0.5, 0.6) is 0 Å². The molecule has 0 radical (unpaired) electrons. The topological polar surface area (TPSA) is 111 Å². The number of cyclic esters (lactones) is 1. The maximum Gasteiger partial charge on any atom is 0.340 e. The Morgan fingerprint density at radius 3 is 2.86 bits per heavy atom. The van der Waals surface area contributed by atoms with Gasteiger partial charge in [-0.15, -0.1) is 0 Å². The number of aromatic nitrogens is 2. The van der Waals surface area contributed by atoms with Gasteiger partial charge in [0.15, 0.2) is 6.10 Å². The lowest BCUT2D eigenvalue weighted by Gasteiger charge is -2.25. The SMILES string of the molecule is CCc1c2c(nc3ccccc13)-c1c(NC=O)c3c(c(=O)n1C2)COC(=O)C3O. The van der Waals surface area contributed by atoms with E-state index < -0.39 is 12.1 Å². The second-order valence-corrected chi connectivity index (χ2v) is 7.07. The number of para-hydroxylation sites is 1. The Morgan fingerprint density at radius 1 is 1.31 bits per heavy atom. The molecule has 0 spiro atoms. The lowest BCUT2D eigenvalue weighted by atomic mass is 9.96. The van der Waals surface area contributed by atoms with Crippen molar-refractivity contribution < 1.29 is 19.4 Å². The Bertz CT molecular complexity index is 1280. The van der Waals surface area contributed by atoms with Crippen molar-refractivity contribution in [1.29, 1.82) is 0 Å². The number of aliphatic hydroxyl groups is 1. The molecule has 0 saturated heterocycles. The fourth-order valence-electron chi connectivity index (χ4n) is 4.42. The Kier molecular flexibility index (Phi) is 3.78. The summed E-state index contributed by atoms with van der Waals surface area (Å²) < 4.78 is 6.48. The Hall–Kier alpha value is -3.52. The molecular formula is C21H17N3O5. The summed E-state index contributed by atoms with van der Waals surface area (Å²) in [5, 5.41) is 14.0. The van der Waals surface area contributed by atoms with Crippen molar-refractivity contribution >= 4 is 29.0 Å². The van der Waals surface area contributed by atoms with Gasteiger partial charge in [0.1, 0.15) is 6.61 Å². The summed E-state index contributed by atoms with van der Waals surface area (Å²) >= 11 is 0. The van der Waals surface area contributed by atoms with Gasteiger partial charge < -0.3 is 19.7 Å². The number of hydrogen-bond acceptors (Lipinski definition) is 6. The van der Waals surface area contributed by atoms with E-state index in [1.54, 1.807) is 0 Å². The van der Waals surface area contributed by atoms with Crippen LogP contribution in [0.1, 0.15) is 35.3 Å².